The molecule has 3 aromatic carbocycles. The number of hydrogen-bond acceptors (Lipinski definition) is 4. The molecule has 3 amide bonds. The predicted octanol–water partition coefficient (Wildman–Crippen LogP) is 3.60. The summed E-state index contributed by atoms with van der Waals surface area (Å²) in [5.74, 6) is -0.00122. The third kappa shape index (κ3) is 5.93. The lowest BCUT2D eigenvalue weighted by Gasteiger charge is -2.17. The maximum absolute atomic E-state index is 12.6. The minimum absolute atomic E-state index is 0.0722. The van der Waals surface area contributed by atoms with Crippen LogP contribution in [0.25, 0.3) is 0 Å². The number of primary amides is 1. The van der Waals surface area contributed by atoms with E-state index in [1.54, 1.807) is 55.6 Å². The Morgan fingerprint density at radius 2 is 1.35 bits per heavy atom. The molecule has 31 heavy (non-hydrogen) atoms. The number of hydrogen-bond donors (Lipinski definition) is 2. The van der Waals surface area contributed by atoms with E-state index >= 15 is 0 Å². The molecular weight excluding hydrogens is 394 g/mol. The van der Waals surface area contributed by atoms with Crippen molar-refractivity contribution >= 4 is 23.4 Å². The van der Waals surface area contributed by atoms with Gasteiger partial charge in [-0.3, -0.25) is 14.4 Å². The van der Waals surface area contributed by atoms with Crippen LogP contribution < -0.4 is 15.8 Å². The van der Waals surface area contributed by atoms with E-state index in [-0.39, 0.29) is 18.4 Å². The second-order valence-electron chi connectivity index (χ2n) is 7.09. The molecule has 7 nitrogen and oxygen atoms in total. The molecule has 0 aliphatic rings. The summed E-state index contributed by atoms with van der Waals surface area (Å²) in [7, 11) is 1.57. The molecule has 0 spiro atoms. The van der Waals surface area contributed by atoms with E-state index in [2.05, 4.69) is 5.32 Å². The lowest BCUT2D eigenvalue weighted by atomic mass is 10.2. The van der Waals surface area contributed by atoms with E-state index in [0.717, 1.165) is 5.56 Å². The van der Waals surface area contributed by atoms with Crippen LogP contribution in [0.2, 0.25) is 0 Å². The molecule has 0 radical (unpaired) electrons. The minimum atomic E-state index is -0.508. The Labute approximate surface area is 180 Å². The monoisotopic (exact) mass is 417 g/mol. The van der Waals surface area contributed by atoms with Crippen molar-refractivity contribution in [3.8, 4) is 11.5 Å². The first-order chi connectivity index (χ1) is 14.8. The fraction of sp³-hybridized carbons (Fsp3) is 0.125. The highest BCUT2D eigenvalue weighted by molar-refractivity contribution is 5.99. The van der Waals surface area contributed by atoms with Crippen LogP contribution >= 0.6 is 0 Å². The van der Waals surface area contributed by atoms with Crippen LogP contribution in [0.4, 0.5) is 5.69 Å². The number of nitrogens with one attached hydrogen (secondary N) is 1. The SMILES string of the molecule is Cc1ccc(NC(=O)CN(C)C(=O)c2ccc(Oc3ccc(C(N)=O)cc3)cc2)cc1. The minimum Gasteiger partial charge on any atom is -0.457 e. The summed E-state index contributed by atoms with van der Waals surface area (Å²) in [5.41, 5.74) is 7.82. The Morgan fingerprint density at radius 3 is 1.87 bits per heavy atom. The summed E-state index contributed by atoms with van der Waals surface area (Å²) in [6, 6.07) is 20.4. The molecule has 3 rings (SSSR count). The van der Waals surface area contributed by atoms with Gasteiger partial charge in [0.15, 0.2) is 0 Å². The van der Waals surface area contributed by atoms with Crippen molar-refractivity contribution in [2.75, 3.05) is 18.9 Å². The average Bonchev–Trinajstić information content (AvgIpc) is 2.75. The molecule has 0 fully saturated rings. The molecule has 7 heteroatoms. The number of aryl methyl sites for hydroxylation is 1. The Morgan fingerprint density at radius 1 is 0.839 bits per heavy atom. The molecule has 0 aliphatic carbocycles. The quantitative estimate of drug-likeness (QED) is 0.613. The van der Waals surface area contributed by atoms with Crippen LogP contribution in [0.3, 0.4) is 0 Å². The highest BCUT2D eigenvalue weighted by atomic mass is 16.5. The van der Waals surface area contributed by atoms with E-state index in [1.165, 1.54) is 4.90 Å². The summed E-state index contributed by atoms with van der Waals surface area (Å²) < 4.78 is 5.71. The fourth-order valence-corrected chi connectivity index (χ4v) is 2.83. The number of carbonyl (C=O) groups is 3. The summed E-state index contributed by atoms with van der Waals surface area (Å²) in [6.45, 7) is 1.89. The Kier molecular flexibility index (Phi) is 6.67. The first-order valence-corrected chi connectivity index (χ1v) is 9.61. The van der Waals surface area contributed by atoms with E-state index in [9.17, 15) is 14.4 Å². The molecule has 0 bridgehead atoms. The van der Waals surface area contributed by atoms with Gasteiger partial charge in [-0.05, 0) is 67.6 Å². The zero-order valence-corrected chi connectivity index (χ0v) is 17.3. The lowest BCUT2D eigenvalue weighted by molar-refractivity contribution is -0.116. The molecule has 0 heterocycles. The van der Waals surface area contributed by atoms with E-state index in [0.29, 0.717) is 28.3 Å². The molecule has 0 saturated heterocycles. The predicted molar refractivity (Wildman–Crippen MR) is 118 cm³/mol. The third-order valence-corrected chi connectivity index (χ3v) is 4.54. The van der Waals surface area contributed by atoms with Gasteiger partial charge in [0.05, 0.1) is 6.54 Å². The largest absolute Gasteiger partial charge is 0.457 e. The van der Waals surface area contributed by atoms with Gasteiger partial charge in [0.2, 0.25) is 11.8 Å². The molecule has 0 unspecified atom stereocenters. The molecular formula is C24H23N3O4. The van der Waals surface area contributed by atoms with Gasteiger partial charge in [0.25, 0.3) is 5.91 Å². The second kappa shape index (κ2) is 9.58. The van der Waals surface area contributed by atoms with Crippen LogP contribution in [-0.2, 0) is 4.79 Å². The highest BCUT2D eigenvalue weighted by Gasteiger charge is 2.15. The van der Waals surface area contributed by atoms with E-state index in [1.807, 2.05) is 31.2 Å². The topological polar surface area (TPSA) is 102 Å². The van der Waals surface area contributed by atoms with Gasteiger partial charge in [-0.15, -0.1) is 0 Å². The number of rotatable bonds is 7. The summed E-state index contributed by atoms with van der Waals surface area (Å²) in [4.78, 5) is 37.3. The van der Waals surface area contributed by atoms with Crippen molar-refractivity contribution in [3.05, 3.63) is 89.5 Å². The van der Waals surface area contributed by atoms with Gasteiger partial charge in [0, 0.05) is 23.9 Å². The van der Waals surface area contributed by atoms with Crippen molar-refractivity contribution in [2.45, 2.75) is 6.92 Å². The van der Waals surface area contributed by atoms with Crippen LogP contribution in [0.15, 0.2) is 72.8 Å². The normalized spacial score (nSPS) is 10.3. The standard InChI is InChI=1S/C24H23N3O4/c1-16-3-9-19(10-4-16)26-22(28)15-27(2)24(30)18-7-13-21(14-8-18)31-20-11-5-17(6-12-20)23(25)29/h3-14H,15H2,1-2H3,(H2,25,29)(H,26,28). The van der Waals surface area contributed by atoms with Crippen LogP contribution in [0, 0.1) is 6.92 Å². The van der Waals surface area contributed by atoms with Crippen molar-refractivity contribution < 1.29 is 19.1 Å². The number of likely N-dealkylation sites (N-methyl/N-ethyl adjacent to an activating group) is 1. The summed E-state index contributed by atoms with van der Waals surface area (Å²) in [6.07, 6.45) is 0. The van der Waals surface area contributed by atoms with Gasteiger partial charge in [-0.1, -0.05) is 17.7 Å². The lowest BCUT2D eigenvalue weighted by Crippen LogP contribution is -2.34. The smallest absolute Gasteiger partial charge is 0.254 e. The van der Waals surface area contributed by atoms with Crippen LogP contribution in [0.5, 0.6) is 11.5 Å². The first kappa shape index (κ1) is 21.6. The maximum Gasteiger partial charge on any atom is 0.254 e. The van der Waals surface area contributed by atoms with Crippen LogP contribution in [0.1, 0.15) is 26.3 Å². The zero-order chi connectivity index (χ0) is 22.4. The van der Waals surface area contributed by atoms with E-state index < -0.39 is 5.91 Å². The molecule has 3 N–H and O–H groups in total. The van der Waals surface area contributed by atoms with Gasteiger partial charge in [-0.2, -0.15) is 0 Å². The number of nitrogens with two attached hydrogens (primary N) is 1. The van der Waals surface area contributed by atoms with Crippen molar-refractivity contribution in [3.63, 3.8) is 0 Å². The molecule has 0 aliphatic heterocycles. The van der Waals surface area contributed by atoms with Gasteiger partial charge in [0.1, 0.15) is 11.5 Å². The Balaban J connectivity index is 1.56. The zero-order valence-electron chi connectivity index (χ0n) is 17.3. The second-order valence-corrected chi connectivity index (χ2v) is 7.09. The fourth-order valence-electron chi connectivity index (χ4n) is 2.83. The van der Waals surface area contributed by atoms with Crippen LogP contribution in [-0.4, -0.2) is 36.2 Å². The molecule has 0 saturated carbocycles. The van der Waals surface area contributed by atoms with Crippen molar-refractivity contribution in [2.24, 2.45) is 5.73 Å². The number of anilines is 1. The highest BCUT2D eigenvalue weighted by Crippen LogP contribution is 2.22. The molecule has 158 valence electrons. The van der Waals surface area contributed by atoms with Gasteiger partial charge < -0.3 is 20.7 Å². The molecule has 3 aromatic rings. The first-order valence-electron chi connectivity index (χ1n) is 9.61. The van der Waals surface area contributed by atoms with E-state index in [4.69, 9.17) is 10.5 Å². The van der Waals surface area contributed by atoms with Gasteiger partial charge in [-0.25, -0.2) is 0 Å². The number of ether oxygens (including phenoxy) is 1. The van der Waals surface area contributed by atoms with Crippen molar-refractivity contribution in [1.82, 2.24) is 4.90 Å². The van der Waals surface area contributed by atoms with Crippen molar-refractivity contribution in [1.29, 1.82) is 0 Å². The summed E-state index contributed by atoms with van der Waals surface area (Å²) >= 11 is 0. The Hall–Kier alpha value is -4.13. The molecule has 0 atom stereocenters. The number of benzene rings is 3. The Bertz CT molecular complexity index is 1080. The van der Waals surface area contributed by atoms with Gasteiger partial charge >= 0.3 is 0 Å². The number of amides is 3. The summed E-state index contributed by atoms with van der Waals surface area (Å²) in [5, 5.41) is 2.77. The third-order valence-electron chi connectivity index (χ3n) is 4.54. The number of carbonyl (C=O) groups excluding carboxylic acids is 3. The number of nitrogens with zero attached hydrogens (tertiary/aromatic N) is 1. The molecule has 0 aromatic heterocycles. The average molecular weight is 417 g/mol. The maximum atomic E-state index is 12.6.